The van der Waals surface area contributed by atoms with E-state index >= 15 is 0 Å². The van der Waals surface area contributed by atoms with Gasteiger partial charge in [-0.25, -0.2) is 0 Å². The molecule has 1 aliphatic rings. The van der Waals surface area contributed by atoms with E-state index in [1.807, 2.05) is 0 Å². The third kappa shape index (κ3) is 2.32. The first-order chi connectivity index (χ1) is 6.08. The number of carbonyl (C=O) groups excluding carboxylic acids is 1. The van der Waals surface area contributed by atoms with Crippen molar-refractivity contribution in [2.75, 3.05) is 0 Å². The Morgan fingerprint density at radius 2 is 2.46 bits per heavy atom. The summed E-state index contributed by atoms with van der Waals surface area (Å²) < 4.78 is 0. The predicted octanol–water partition coefficient (Wildman–Crippen LogP) is 1.49. The largest absolute Gasteiger partial charge is 0.319 e. The van der Waals surface area contributed by atoms with Crippen molar-refractivity contribution in [2.45, 2.75) is 44.6 Å². The second-order valence-corrected chi connectivity index (χ2v) is 4.16. The van der Waals surface area contributed by atoms with Crippen LogP contribution in [0.15, 0.2) is 0 Å². The molecule has 2 heteroatoms. The van der Waals surface area contributed by atoms with Crippen LogP contribution in [0.2, 0.25) is 0 Å². The molecule has 2 N–H and O–H groups in total. The second kappa shape index (κ2) is 3.93. The van der Waals surface area contributed by atoms with E-state index in [-0.39, 0.29) is 12.2 Å². The second-order valence-electron chi connectivity index (χ2n) is 4.16. The Kier molecular flexibility index (Phi) is 3.11. The Balaban J connectivity index is 2.64. The summed E-state index contributed by atoms with van der Waals surface area (Å²) in [5.74, 6) is 2.97. The van der Waals surface area contributed by atoms with Gasteiger partial charge < -0.3 is 5.73 Å². The maximum atomic E-state index is 11.6. The smallest absolute Gasteiger partial charge is 0.164 e. The summed E-state index contributed by atoms with van der Waals surface area (Å²) in [6.45, 7) is 2.14. The summed E-state index contributed by atoms with van der Waals surface area (Å²) in [6.07, 6.45) is 9.12. The molecule has 72 valence electrons. The van der Waals surface area contributed by atoms with Gasteiger partial charge in [-0.2, -0.15) is 0 Å². The molecule has 0 saturated heterocycles. The summed E-state index contributed by atoms with van der Waals surface area (Å²) in [5, 5.41) is 0. The quantitative estimate of drug-likeness (QED) is 0.652. The number of hydrogen-bond donors (Lipinski definition) is 1. The van der Waals surface area contributed by atoms with E-state index in [4.69, 9.17) is 12.2 Å². The van der Waals surface area contributed by atoms with Crippen LogP contribution in [0.1, 0.15) is 39.0 Å². The van der Waals surface area contributed by atoms with Gasteiger partial charge in [0.25, 0.3) is 0 Å². The molecule has 0 aromatic carbocycles. The van der Waals surface area contributed by atoms with Crippen LogP contribution in [0.25, 0.3) is 0 Å². The number of rotatable bonds is 2. The average Bonchev–Trinajstić information content (AvgIpc) is 2.04. The van der Waals surface area contributed by atoms with Crippen LogP contribution in [0.5, 0.6) is 0 Å². The van der Waals surface area contributed by atoms with E-state index in [1.54, 1.807) is 0 Å². The molecule has 13 heavy (non-hydrogen) atoms. The maximum Gasteiger partial charge on any atom is 0.164 e. The fraction of sp³-hybridized carbons (Fsp3) is 0.727. The molecule has 0 amide bonds. The van der Waals surface area contributed by atoms with Gasteiger partial charge in [0.2, 0.25) is 0 Å². The van der Waals surface area contributed by atoms with Crippen molar-refractivity contribution in [3.05, 3.63) is 0 Å². The van der Waals surface area contributed by atoms with Crippen LogP contribution in [-0.4, -0.2) is 11.3 Å². The molecule has 2 nitrogen and oxygen atoms in total. The van der Waals surface area contributed by atoms with Crippen molar-refractivity contribution in [3.8, 4) is 12.3 Å². The molecule has 0 bridgehead atoms. The summed E-state index contributed by atoms with van der Waals surface area (Å²) in [7, 11) is 0. The van der Waals surface area contributed by atoms with Crippen molar-refractivity contribution in [1.29, 1.82) is 0 Å². The Hall–Kier alpha value is -0.810. The van der Waals surface area contributed by atoms with Gasteiger partial charge in [-0.05, 0) is 18.8 Å². The number of ketones is 1. The fourth-order valence-electron chi connectivity index (χ4n) is 2.11. The summed E-state index contributed by atoms with van der Waals surface area (Å²) >= 11 is 0. The summed E-state index contributed by atoms with van der Waals surface area (Å²) in [6, 6.07) is 0. The minimum atomic E-state index is -0.621. The molecule has 0 spiro atoms. The Labute approximate surface area is 79.9 Å². The van der Waals surface area contributed by atoms with Crippen molar-refractivity contribution in [3.63, 3.8) is 0 Å². The lowest BCUT2D eigenvalue weighted by Gasteiger charge is -2.34. The summed E-state index contributed by atoms with van der Waals surface area (Å²) in [4.78, 5) is 11.6. The minimum Gasteiger partial charge on any atom is -0.319 e. The molecule has 0 heterocycles. The average molecular weight is 179 g/mol. The highest BCUT2D eigenvalue weighted by Crippen LogP contribution is 2.31. The van der Waals surface area contributed by atoms with E-state index in [1.165, 1.54) is 6.42 Å². The van der Waals surface area contributed by atoms with Gasteiger partial charge in [0.05, 0.1) is 12.0 Å². The minimum absolute atomic E-state index is 0.0431. The Bertz CT molecular complexity index is 241. The van der Waals surface area contributed by atoms with Crippen LogP contribution in [0.4, 0.5) is 0 Å². The Morgan fingerprint density at radius 1 is 1.77 bits per heavy atom. The van der Waals surface area contributed by atoms with E-state index in [0.717, 1.165) is 19.3 Å². The maximum absolute atomic E-state index is 11.6. The monoisotopic (exact) mass is 179 g/mol. The molecular weight excluding hydrogens is 162 g/mol. The van der Waals surface area contributed by atoms with Gasteiger partial charge in [0.15, 0.2) is 5.78 Å². The molecule has 2 atom stereocenters. The first-order valence-corrected chi connectivity index (χ1v) is 4.84. The zero-order chi connectivity index (χ0) is 9.90. The van der Waals surface area contributed by atoms with Gasteiger partial charge in [0.1, 0.15) is 0 Å². The fourth-order valence-corrected chi connectivity index (χ4v) is 2.11. The highest BCUT2D eigenvalue weighted by atomic mass is 16.1. The molecule has 0 radical (unpaired) electrons. The molecule has 0 aliphatic heterocycles. The highest BCUT2D eigenvalue weighted by Gasteiger charge is 2.36. The normalized spacial score (nSPS) is 33.8. The number of carbonyl (C=O) groups is 1. The molecule has 0 aromatic heterocycles. The first-order valence-electron chi connectivity index (χ1n) is 4.84. The number of Topliss-reactive ketones (excluding diaryl/α,β-unsaturated/α-hetero) is 1. The molecular formula is C11H17NO. The zero-order valence-corrected chi connectivity index (χ0v) is 8.18. The topological polar surface area (TPSA) is 43.1 Å². The molecule has 1 saturated carbocycles. The van der Waals surface area contributed by atoms with Gasteiger partial charge in [-0.3, -0.25) is 4.79 Å². The lowest BCUT2D eigenvalue weighted by Crippen LogP contribution is -2.50. The van der Waals surface area contributed by atoms with Crippen molar-refractivity contribution < 1.29 is 4.79 Å². The van der Waals surface area contributed by atoms with Gasteiger partial charge >= 0.3 is 0 Å². The van der Waals surface area contributed by atoms with Gasteiger partial charge in [-0.15, -0.1) is 6.42 Å². The van der Waals surface area contributed by atoms with Crippen LogP contribution >= 0.6 is 0 Å². The molecule has 1 rings (SSSR count). The van der Waals surface area contributed by atoms with Crippen LogP contribution in [0.3, 0.4) is 0 Å². The highest BCUT2D eigenvalue weighted by molar-refractivity contribution is 5.90. The number of hydrogen-bond acceptors (Lipinski definition) is 2. The lowest BCUT2D eigenvalue weighted by molar-refractivity contribution is -0.124. The van der Waals surface area contributed by atoms with Crippen molar-refractivity contribution in [1.82, 2.24) is 0 Å². The van der Waals surface area contributed by atoms with Gasteiger partial charge in [0, 0.05) is 0 Å². The molecule has 1 aliphatic carbocycles. The van der Waals surface area contributed by atoms with Gasteiger partial charge in [-0.1, -0.05) is 25.7 Å². The van der Waals surface area contributed by atoms with E-state index in [0.29, 0.717) is 5.92 Å². The number of terminal acetylenes is 1. The predicted molar refractivity (Wildman–Crippen MR) is 53.0 cm³/mol. The SMILES string of the molecule is C#CCC(=O)C1(N)CCCC(C)C1. The van der Waals surface area contributed by atoms with Crippen molar-refractivity contribution >= 4 is 5.78 Å². The van der Waals surface area contributed by atoms with Crippen LogP contribution < -0.4 is 5.73 Å². The van der Waals surface area contributed by atoms with E-state index in [9.17, 15) is 4.79 Å². The standard InChI is InChI=1S/C11H17NO/c1-3-5-10(13)11(12)7-4-6-9(2)8-11/h1,9H,4-8,12H2,2H3. The summed E-state index contributed by atoms with van der Waals surface area (Å²) in [5.41, 5.74) is 5.41. The first kappa shape index (κ1) is 10.3. The number of nitrogens with two attached hydrogens (primary N) is 1. The Morgan fingerprint density at radius 3 is 3.00 bits per heavy atom. The third-order valence-electron chi connectivity index (χ3n) is 2.85. The molecule has 2 unspecified atom stereocenters. The lowest BCUT2D eigenvalue weighted by atomic mass is 9.74. The van der Waals surface area contributed by atoms with Crippen molar-refractivity contribution in [2.24, 2.45) is 11.7 Å². The third-order valence-corrected chi connectivity index (χ3v) is 2.85. The zero-order valence-electron chi connectivity index (χ0n) is 8.18. The van der Waals surface area contributed by atoms with Crippen LogP contribution in [0, 0.1) is 18.3 Å². The van der Waals surface area contributed by atoms with E-state index in [2.05, 4.69) is 12.8 Å². The molecule has 0 aromatic rings. The van der Waals surface area contributed by atoms with E-state index < -0.39 is 5.54 Å². The van der Waals surface area contributed by atoms with Crippen LogP contribution in [-0.2, 0) is 4.79 Å². The molecule has 1 fully saturated rings.